The lowest BCUT2D eigenvalue weighted by molar-refractivity contribution is 0.0127. The molecule has 1 heterocycles. The second-order valence-electron chi connectivity index (χ2n) is 6.02. The number of hydrogen-bond acceptors (Lipinski definition) is 2. The van der Waals surface area contributed by atoms with Crippen LogP contribution in [0.1, 0.15) is 56.5 Å². The zero-order chi connectivity index (χ0) is 12.6. The molecular formula is C15H23NO. The predicted octanol–water partition coefficient (Wildman–Crippen LogP) is 3.22. The van der Waals surface area contributed by atoms with Crippen molar-refractivity contribution in [1.82, 2.24) is 4.98 Å². The van der Waals surface area contributed by atoms with Crippen LogP contribution in [0.25, 0.3) is 0 Å². The van der Waals surface area contributed by atoms with Crippen molar-refractivity contribution < 1.29 is 5.11 Å². The molecule has 1 aliphatic carbocycles. The minimum Gasteiger partial charge on any atom is -0.390 e. The third-order valence-corrected chi connectivity index (χ3v) is 4.07. The van der Waals surface area contributed by atoms with Gasteiger partial charge in [0, 0.05) is 11.4 Å². The summed E-state index contributed by atoms with van der Waals surface area (Å²) < 4.78 is 0. The average Bonchev–Trinajstić information content (AvgIpc) is 2.37. The smallest absolute Gasteiger partial charge is 0.0623 e. The number of hydrogen-bond donors (Lipinski definition) is 1. The van der Waals surface area contributed by atoms with Crippen LogP contribution in [-0.2, 0) is 6.42 Å². The van der Waals surface area contributed by atoms with Crippen LogP contribution in [0.4, 0.5) is 0 Å². The molecule has 0 bridgehead atoms. The van der Waals surface area contributed by atoms with Crippen LogP contribution in [0.2, 0.25) is 0 Å². The SMILES string of the molecule is Cc1ccc2c(n1)C[C@@H](C(C)(C)O)CC[C@@H]2C. The lowest BCUT2D eigenvalue weighted by Gasteiger charge is -2.28. The van der Waals surface area contributed by atoms with E-state index in [1.165, 1.54) is 11.3 Å². The van der Waals surface area contributed by atoms with Gasteiger partial charge >= 0.3 is 0 Å². The molecule has 0 amide bonds. The van der Waals surface area contributed by atoms with Gasteiger partial charge in [0.05, 0.1) is 5.60 Å². The van der Waals surface area contributed by atoms with E-state index in [1.54, 1.807) is 0 Å². The van der Waals surface area contributed by atoms with Crippen molar-refractivity contribution in [3.05, 3.63) is 29.1 Å². The van der Waals surface area contributed by atoms with Crippen molar-refractivity contribution >= 4 is 0 Å². The molecule has 0 aromatic carbocycles. The van der Waals surface area contributed by atoms with Crippen molar-refractivity contribution in [1.29, 1.82) is 0 Å². The number of aromatic nitrogens is 1. The molecule has 2 heteroatoms. The number of aliphatic hydroxyl groups is 1. The minimum absolute atomic E-state index is 0.320. The first kappa shape index (κ1) is 12.6. The quantitative estimate of drug-likeness (QED) is 0.755. The first-order valence-corrected chi connectivity index (χ1v) is 6.56. The van der Waals surface area contributed by atoms with E-state index >= 15 is 0 Å². The Balaban J connectivity index is 2.36. The molecule has 94 valence electrons. The lowest BCUT2D eigenvalue weighted by atomic mass is 9.84. The second-order valence-corrected chi connectivity index (χ2v) is 6.02. The van der Waals surface area contributed by atoms with Crippen molar-refractivity contribution in [2.75, 3.05) is 0 Å². The molecule has 0 spiro atoms. The van der Waals surface area contributed by atoms with Crippen LogP contribution in [-0.4, -0.2) is 15.7 Å². The normalized spacial score (nSPS) is 25.2. The molecule has 2 atom stereocenters. The van der Waals surface area contributed by atoms with Gasteiger partial charge in [0.2, 0.25) is 0 Å². The van der Waals surface area contributed by atoms with E-state index < -0.39 is 5.60 Å². The molecule has 1 aromatic heterocycles. The highest BCUT2D eigenvalue weighted by molar-refractivity contribution is 5.28. The highest BCUT2D eigenvalue weighted by Crippen LogP contribution is 2.36. The van der Waals surface area contributed by atoms with E-state index in [0.717, 1.165) is 25.0 Å². The van der Waals surface area contributed by atoms with Gasteiger partial charge in [-0.1, -0.05) is 13.0 Å². The van der Waals surface area contributed by atoms with Crippen LogP contribution in [0.15, 0.2) is 12.1 Å². The van der Waals surface area contributed by atoms with Gasteiger partial charge < -0.3 is 5.11 Å². The highest BCUT2D eigenvalue weighted by Gasteiger charge is 2.31. The topological polar surface area (TPSA) is 33.1 Å². The Morgan fingerprint density at radius 3 is 2.65 bits per heavy atom. The van der Waals surface area contributed by atoms with Gasteiger partial charge in [0.1, 0.15) is 0 Å². The Morgan fingerprint density at radius 1 is 1.29 bits per heavy atom. The van der Waals surface area contributed by atoms with Crippen LogP contribution in [0.5, 0.6) is 0 Å². The summed E-state index contributed by atoms with van der Waals surface area (Å²) in [6.45, 7) is 8.14. The summed E-state index contributed by atoms with van der Waals surface area (Å²) in [6.07, 6.45) is 3.14. The standard InChI is InChI=1S/C15H23NO/c1-10-5-7-12(15(3,4)17)9-14-13(10)8-6-11(2)16-14/h6,8,10,12,17H,5,7,9H2,1-4H3/t10-,12-/m0/s1. The maximum atomic E-state index is 10.2. The molecule has 17 heavy (non-hydrogen) atoms. The van der Waals surface area contributed by atoms with Gasteiger partial charge in [-0.3, -0.25) is 4.98 Å². The van der Waals surface area contributed by atoms with E-state index in [0.29, 0.717) is 11.8 Å². The molecule has 2 rings (SSSR count). The third-order valence-electron chi connectivity index (χ3n) is 4.07. The first-order valence-electron chi connectivity index (χ1n) is 6.56. The summed E-state index contributed by atoms with van der Waals surface area (Å²) in [7, 11) is 0. The molecule has 2 nitrogen and oxygen atoms in total. The van der Waals surface area contributed by atoms with E-state index in [9.17, 15) is 5.11 Å². The Labute approximate surface area is 104 Å². The summed E-state index contributed by atoms with van der Waals surface area (Å²) in [6, 6.07) is 4.31. The van der Waals surface area contributed by atoms with Crippen molar-refractivity contribution in [2.24, 2.45) is 5.92 Å². The van der Waals surface area contributed by atoms with Crippen molar-refractivity contribution in [2.45, 2.75) is 58.5 Å². The van der Waals surface area contributed by atoms with E-state index in [2.05, 4.69) is 24.0 Å². The van der Waals surface area contributed by atoms with E-state index in [-0.39, 0.29) is 0 Å². The second kappa shape index (κ2) is 4.41. The molecule has 0 radical (unpaired) electrons. The summed E-state index contributed by atoms with van der Waals surface area (Å²) >= 11 is 0. The number of fused-ring (bicyclic) bond motifs is 1. The maximum absolute atomic E-state index is 10.2. The first-order chi connectivity index (χ1) is 7.88. The highest BCUT2D eigenvalue weighted by atomic mass is 16.3. The molecule has 0 saturated carbocycles. The Hall–Kier alpha value is -0.890. The lowest BCUT2D eigenvalue weighted by Crippen LogP contribution is -2.32. The number of rotatable bonds is 1. The summed E-state index contributed by atoms with van der Waals surface area (Å²) in [5.74, 6) is 0.881. The fourth-order valence-corrected chi connectivity index (χ4v) is 2.78. The minimum atomic E-state index is -0.604. The number of pyridine rings is 1. The van der Waals surface area contributed by atoms with Gasteiger partial charge in [-0.15, -0.1) is 0 Å². The predicted molar refractivity (Wildman–Crippen MR) is 70.1 cm³/mol. The number of aryl methyl sites for hydroxylation is 1. The van der Waals surface area contributed by atoms with Gasteiger partial charge in [0.25, 0.3) is 0 Å². The molecule has 0 saturated heterocycles. The molecule has 1 aliphatic rings. The van der Waals surface area contributed by atoms with Crippen LogP contribution in [0, 0.1) is 12.8 Å². The van der Waals surface area contributed by atoms with E-state index in [1.807, 2.05) is 20.8 Å². The Bertz CT molecular complexity index is 406. The third kappa shape index (κ3) is 2.68. The molecule has 0 aliphatic heterocycles. The largest absolute Gasteiger partial charge is 0.390 e. The van der Waals surface area contributed by atoms with Gasteiger partial charge in [0.15, 0.2) is 0 Å². The molecule has 1 aromatic rings. The van der Waals surface area contributed by atoms with Gasteiger partial charge in [-0.25, -0.2) is 0 Å². The number of nitrogens with zero attached hydrogens (tertiary/aromatic N) is 1. The van der Waals surface area contributed by atoms with E-state index in [4.69, 9.17) is 0 Å². The summed E-state index contributed by atoms with van der Waals surface area (Å²) in [4.78, 5) is 4.68. The zero-order valence-corrected chi connectivity index (χ0v) is 11.3. The fraction of sp³-hybridized carbons (Fsp3) is 0.667. The fourth-order valence-electron chi connectivity index (χ4n) is 2.78. The summed E-state index contributed by atoms with van der Waals surface area (Å²) in [5, 5.41) is 10.2. The van der Waals surface area contributed by atoms with Crippen LogP contribution in [0.3, 0.4) is 0 Å². The van der Waals surface area contributed by atoms with Crippen molar-refractivity contribution in [3.8, 4) is 0 Å². The zero-order valence-electron chi connectivity index (χ0n) is 11.3. The molecular weight excluding hydrogens is 210 g/mol. The monoisotopic (exact) mass is 233 g/mol. The maximum Gasteiger partial charge on any atom is 0.0623 e. The average molecular weight is 233 g/mol. The van der Waals surface area contributed by atoms with Crippen LogP contribution >= 0.6 is 0 Å². The molecule has 0 unspecified atom stereocenters. The molecule has 1 N–H and O–H groups in total. The molecule has 0 fully saturated rings. The van der Waals surface area contributed by atoms with Crippen molar-refractivity contribution in [3.63, 3.8) is 0 Å². The summed E-state index contributed by atoms with van der Waals surface area (Å²) in [5.41, 5.74) is 3.05. The van der Waals surface area contributed by atoms with Gasteiger partial charge in [-0.2, -0.15) is 0 Å². The van der Waals surface area contributed by atoms with Gasteiger partial charge in [-0.05, 0) is 63.5 Å². The Kier molecular flexibility index (Phi) is 3.26. The van der Waals surface area contributed by atoms with Crippen LogP contribution < -0.4 is 0 Å². The Morgan fingerprint density at radius 2 is 2.00 bits per heavy atom.